The number of aromatic nitrogens is 2. The first kappa shape index (κ1) is 22.2. The Kier molecular flexibility index (Phi) is 6.24. The van der Waals surface area contributed by atoms with E-state index in [1.807, 2.05) is 62.4 Å². The van der Waals surface area contributed by atoms with Gasteiger partial charge in [0.15, 0.2) is 0 Å². The molecule has 0 bridgehead atoms. The van der Waals surface area contributed by atoms with Crippen molar-refractivity contribution in [3.05, 3.63) is 88.6 Å². The molecule has 7 nitrogen and oxygen atoms in total. The Balaban J connectivity index is 1.71. The fraction of sp³-hybridized carbons (Fsp3) is 0.192. The van der Waals surface area contributed by atoms with E-state index in [9.17, 15) is 9.59 Å². The second-order valence-electron chi connectivity index (χ2n) is 8.04. The average Bonchev–Trinajstić information content (AvgIpc) is 3.33. The lowest BCUT2D eigenvalue weighted by atomic mass is 9.99. The molecule has 33 heavy (non-hydrogen) atoms. The zero-order valence-electron chi connectivity index (χ0n) is 18.9. The number of hydrogen-bond acceptors (Lipinski definition) is 4. The summed E-state index contributed by atoms with van der Waals surface area (Å²) in [6.45, 7) is 4.24. The number of benzene rings is 2. The first-order valence-corrected chi connectivity index (χ1v) is 10.8. The van der Waals surface area contributed by atoms with Gasteiger partial charge in [0.1, 0.15) is 0 Å². The van der Waals surface area contributed by atoms with Gasteiger partial charge >= 0.3 is 0 Å². The number of aryl methyl sites for hydroxylation is 1. The van der Waals surface area contributed by atoms with E-state index in [0.717, 1.165) is 33.3 Å². The molecule has 0 aliphatic heterocycles. The SMILES string of the molecule is CNC(=O)c1c[nH]c(-c2cc([C@@H](C)NC(=O)c3cc(CN)ccc3C)c3ccccc3n2)c1. The van der Waals surface area contributed by atoms with Gasteiger partial charge in [0.05, 0.1) is 28.5 Å². The molecule has 2 aromatic carbocycles. The number of pyridine rings is 1. The first-order chi connectivity index (χ1) is 15.9. The van der Waals surface area contributed by atoms with Crippen molar-refractivity contribution in [1.29, 1.82) is 0 Å². The molecule has 0 saturated heterocycles. The van der Waals surface area contributed by atoms with E-state index >= 15 is 0 Å². The second-order valence-corrected chi connectivity index (χ2v) is 8.04. The molecule has 2 amide bonds. The summed E-state index contributed by atoms with van der Waals surface area (Å²) in [5.41, 5.74) is 11.9. The number of nitrogens with two attached hydrogens (primary N) is 1. The van der Waals surface area contributed by atoms with Crippen LogP contribution in [0.5, 0.6) is 0 Å². The van der Waals surface area contributed by atoms with Crippen LogP contribution in [-0.4, -0.2) is 28.8 Å². The van der Waals surface area contributed by atoms with Crippen LogP contribution in [0.25, 0.3) is 22.3 Å². The largest absolute Gasteiger partial charge is 0.359 e. The number of carbonyl (C=O) groups is 2. The lowest BCUT2D eigenvalue weighted by Crippen LogP contribution is -2.27. The zero-order valence-corrected chi connectivity index (χ0v) is 18.9. The van der Waals surface area contributed by atoms with E-state index < -0.39 is 0 Å². The molecule has 7 heteroatoms. The predicted octanol–water partition coefficient (Wildman–Crippen LogP) is 3.85. The number of carbonyl (C=O) groups excluding carboxylic acids is 2. The average molecular weight is 442 g/mol. The zero-order chi connectivity index (χ0) is 23.5. The Hall–Kier alpha value is -3.97. The quantitative estimate of drug-likeness (QED) is 0.364. The van der Waals surface area contributed by atoms with Crippen LogP contribution in [0.4, 0.5) is 0 Å². The van der Waals surface area contributed by atoms with Crippen molar-refractivity contribution >= 4 is 22.7 Å². The third-order valence-corrected chi connectivity index (χ3v) is 5.79. The van der Waals surface area contributed by atoms with Gasteiger partial charge in [0.2, 0.25) is 0 Å². The fourth-order valence-electron chi connectivity index (χ4n) is 3.91. The van der Waals surface area contributed by atoms with Gasteiger partial charge in [-0.2, -0.15) is 0 Å². The number of nitrogens with one attached hydrogen (secondary N) is 3. The molecule has 0 unspecified atom stereocenters. The Morgan fingerprint density at radius 2 is 1.88 bits per heavy atom. The highest BCUT2D eigenvalue weighted by atomic mass is 16.2. The van der Waals surface area contributed by atoms with Crippen molar-refractivity contribution in [2.45, 2.75) is 26.4 Å². The normalized spacial score (nSPS) is 11.9. The Morgan fingerprint density at radius 3 is 2.64 bits per heavy atom. The Bertz CT molecular complexity index is 1340. The monoisotopic (exact) mass is 441 g/mol. The molecule has 0 aliphatic rings. The Morgan fingerprint density at radius 1 is 1.09 bits per heavy atom. The van der Waals surface area contributed by atoms with E-state index in [0.29, 0.717) is 23.4 Å². The van der Waals surface area contributed by atoms with Gasteiger partial charge in [-0.1, -0.05) is 30.3 Å². The lowest BCUT2D eigenvalue weighted by molar-refractivity contribution is 0.0937. The topological polar surface area (TPSA) is 113 Å². The van der Waals surface area contributed by atoms with Crippen LogP contribution in [0.3, 0.4) is 0 Å². The molecule has 2 heterocycles. The van der Waals surface area contributed by atoms with Gasteiger partial charge in [-0.15, -0.1) is 0 Å². The van der Waals surface area contributed by atoms with Crippen LogP contribution in [0.2, 0.25) is 0 Å². The molecular weight excluding hydrogens is 414 g/mol. The number of nitrogens with zero attached hydrogens (tertiary/aromatic N) is 1. The summed E-state index contributed by atoms with van der Waals surface area (Å²) in [6, 6.07) is 16.9. The van der Waals surface area contributed by atoms with E-state index in [-0.39, 0.29) is 17.9 Å². The van der Waals surface area contributed by atoms with E-state index in [1.165, 1.54) is 0 Å². The van der Waals surface area contributed by atoms with Crippen LogP contribution in [0.15, 0.2) is 60.8 Å². The van der Waals surface area contributed by atoms with Crippen molar-refractivity contribution < 1.29 is 9.59 Å². The van der Waals surface area contributed by atoms with E-state index in [2.05, 4.69) is 15.6 Å². The maximum atomic E-state index is 13.1. The molecule has 0 spiro atoms. The van der Waals surface area contributed by atoms with Crippen molar-refractivity contribution in [3.63, 3.8) is 0 Å². The third kappa shape index (κ3) is 4.49. The van der Waals surface area contributed by atoms with Crippen LogP contribution in [0.1, 0.15) is 50.4 Å². The van der Waals surface area contributed by atoms with Crippen LogP contribution < -0.4 is 16.4 Å². The van der Waals surface area contributed by atoms with Gasteiger partial charge in [0.25, 0.3) is 11.8 Å². The summed E-state index contributed by atoms with van der Waals surface area (Å²) < 4.78 is 0. The predicted molar refractivity (Wildman–Crippen MR) is 130 cm³/mol. The maximum Gasteiger partial charge on any atom is 0.252 e. The molecular formula is C26H27N5O2. The maximum absolute atomic E-state index is 13.1. The molecule has 0 fully saturated rings. The molecule has 0 aliphatic carbocycles. The molecule has 0 radical (unpaired) electrons. The van der Waals surface area contributed by atoms with Crippen LogP contribution >= 0.6 is 0 Å². The first-order valence-electron chi connectivity index (χ1n) is 10.8. The standard InChI is InChI=1S/C26H27N5O2/c1-15-8-9-17(13-27)10-20(15)26(33)30-16(2)21-12-24(31-22-7-5-4-6-19(21)22)23-11-18(14-29-23)25(32)28-3/h4-12,14,16,29H,13,27H2,1-3H3,(H,28,32)(H,30,33)/t16-/m1/s1. The van der Waals surface area contributed by atoms with E-state index in [4.69, 9.17) is 10.7 Å². The van der Waals surface area contributed by atoms with Crippen LogP contribution in [0, 0.1) is 6.92 Å². The smallest absolute Gasteiger partial charge is 0.252 e. The Labute approximate surface area is 192 Å². The number of aromatic amines is 1. The third-order valence-electron chi connectivity index (χ3n) is 5.79. The van der Waals surface area contributed by atoms with Gasteiger partial charge < -0.3 is 21.4 Å². The molecule has 0 saturated carbocycles. The molecule has 5 N–H and O–H groups in total. The molecule has 4 aromatic rings. The minimum absolute atomic E-state index is 0.153. The molecule has 2 aromatic heterocycles. The second kappa shape index (κ2) is 9.26. The molecule has 1 atom stereocenters. The summed E-state index contributed by atoms with van der Waals surface area (Å²) in [4.78, 5) is 33.0. The van der Waals surface area contributed by atoms with E-state index in [1.54, 1.807) is 19.3 Å². The van der Waals surface area contributed by atoms with Gasteiger partial charge in [0, 0.05) is 30.7 Å². The summed E-state index contributed by atoms with van der Waals surface area (Å²) in [5.74, 6) is -0.325. The number of H-pyrrole nitrogens is 1. The summed E-state index contributed by atoms with van der Waals surface area (Å²) in [5, 5.41) is 6.70. The number of hydrogen-bond donors (Lipinski definition) is 4. The van der Waals surface area contributed by atoms with Gasteiger partial charge in [-0.25, -0.2) is 4.98 Å². The van der Waals surface area contributed by atoms with Crippen molar-refractivity contribution in [2.75, 3.05) is 7.05 Å². The highest BCUT2D eigenvalue weighted by Crippen LogP contribution is 2.29. The van der Waals surface area contributed by atoms with Crippen molar-refractivity contribution in [1.82, 2.24) is 20.6 Å². The lowest BCUT2D eigenvalue weighted by Gasteiger charge is -2.18. The summed E-state index contributed by atoms with van der Waals surface area (Å²) in [6.07, 6.45) is 1.66. The minimum atomic E-state index is -0.279. The van der Waals surface area contributed by atoms with Crippen molar-refractivity contribution in [3.8, 4) is 11.4 Å². The summed E-state index contributed by atoms with van der Waals surface area (Å²) in [7, 11) is 1.59. The van der Waals surface area contributed by atoms with Crippen LogP contribution in [-0.2, 0) is 6.54 Å². The molecule has 168 valence electrons. The highest BCUT2D eigenvalue weighted by molar-refractivity contribution is 5.97. The molecule has 4 rings (SSSR count). The van der Waals surface area contributed by atoms with Crippen molar-refractivity contribution in [2.24, 2.45) is 5.73 Å². The number of para-hydroxylation sites is 1. The number of fused-ring (bicyclic) bond motifs is 1. The fourth-order valence-corrected chi connectivity index (χ4v) is 3.91. The minimum Gasteiger partial charge on any atom is -0.359 e. The summed E-state index contributed by atoms with van der Waals surface area (Å²) >= 11 is 0. The highest BCUT2D eigenvalue weighted by Gasteiger charge is 2.18. The number of amides is 2. The van der Waals surface area contributed by atoms with Gasteiger partial charge in [-0.05, 0) is 54.8 Å². The van der Waals surface area contributed by atoms with Gasteiger partial charge in [-0.3, -0.25) is 9.59 Å². The number of rotatable bonds is 6.